The number of carboxylic acid groups (broad SMARTS) is 1. The molecule has 0 saturated carbocycles. The number of ether oxygens (including phenoxy) is 1. The summed E-state index contributed by atoms with van der Waals surface area (Å²) < 4.78 is 5.41. The summed E-state index contributed by atoms with van der Waals surface area (Å²) in [6.45, 7) is 6.12. The first-order chi connectivity index (χ1) is 9.51. The maximum atomic E-state index is 11.6. The number of aldehydes is 1. The summed E-state index contributed by atoms with van der Waals surface area (Å²) in [5, 5.41) is 9.53. The lowest BCUT2D eigenvalue weighted by atomic mass is 9.82. The number of nitrogens with one attached hydrogen (secondary N) is 1. The van der Waals surface area contributed by atoms with Gasteiger partial charge in [-0.3, -0.25) is 9.63 Å². The van der Waals surface area contributed by atoms with Crippen LogP contribution in [0.25, 0.3) is 0 Å². The Balaban J connectivity index is 2.75. The van der Waals surface area contributed by atoms with Crippen molar-refractivity contribution in [2.45, 2.75) is 58.3 Å². The third kappa shape index (κ3) is 3.56. The molecular formula is C14H25NO5. The van der Waals surface area contributed by atoms with E-state index in [4.69, 9.17) is 9.57 Å². The molecule has 0 spiro atoms. The van der Waals surface area contributed by atoms with E-state index in [-0.39, 0.29) is 11.8 Å². The molecule has 0 bridgehead atoms. The van der Waals surface area contributed by atoms with Crippen LogP contribution in [-0.4, -0.2) is 35.8 Å². The monoisotopic (exact) mass is 287 g/mol. The number of carbonyl (C=O) groups excluding carboxylic acids is 1. The SMILES string of the molecule is CC[C@@H](C)[C@@](CC)(NOC1OCCC[C@H]1C=O)C(=O)O. The summed E-state index contributed by atoms with van der Waals surface area (Å²) >= 11 is 0. The minimum atomic E-state index is -1.16. The van der Waals surface area contributed by atoms with Crippen LogP contribution in [0.15, 0.2) is 0 Å². The van der Waals surface area contributed by atoms with Gasteiger partial charge in [-0.15, -0.1) is 0 Å². The Kier molecular flexibility index (Phi) is 6.58. The van der Waals surface area contributed by atoms with Gasteiger partial charge < -0.3 is 14.6 Å². The highest BCUT2D eigenvalue weighted by molar-refractivity contribution is 5.79. The number of rotatable bonds is 8. The van der Waals surface area contributed by atoms with Crippen molar-refractivity contribution in [1.82, 2.24) is 5.48 Å². The zero-order valence-electron chi connectivity index (χ0n) is 12.4. The van der Waals surface area contributed by atoms with Crippen LogP contribution in [0, 0.1) is 11.8 Å². The Labute approximate surface area is 119 Å². The highest BCUT2D eigenvalue weighted by Crippen LogP contribution is 2.27. The Morgan fingerprint density at radius 2 is 2.30 bits per heavy atom. The van der Waals surface area contributed by atoms with Crippen LogP contribution in [0.3, 0.4) is 0 Å². The second-order valence-electron chi connectivity index (χ2n) is 5.34. The molecule has 20 heavy (non-hydrogen) atoms. The van der Waals surface area contributed by atoms with E-state index in [0.29, 0.717) is 25.9 Å². The third-order valence-electron chi connectivity index (χ3n) is 4.24. The molecule has 1 saturated heterocycles. The van der Waals surface area contributed by atoms with E-state index in [9.17, 15) is 14.7 Å². The fraction of sp³-hybridized carbons (Fsp3) is 0.857. The molecule has 1 fully saturated rings. The van der Waals surface area contributed by atoms with Gasteiger partial charge in [0.15, 0.2) is 6.29 Å². The Morgan fingerprint density at radius 1 is 1.60 bits per heavy atom. The fourth-order valence-electron chi connectivity index (χ4n) is 2.47. The average Bonchev–Trinajstić information content (AvgIpc) is 2.47. The average molecular weight is 287 g/mol. The van der Waals surface area contributed by atoms with Crippen molar-refractivity contribution in [2.24, 2.45) is 11.8 Å². The van der Waals surface area contributed by atoms with Gasteiger partial charge in [0, 0.05) is 6.61 Å². The topological polar surface area (TPSA) is 84.9 Å². The first-order valence-corrected chi connectivity index (χ1v) is 7.24. The first-order valence-electron chi connectivity index (χ1n) is 7.24. The summed E-state index contributed by atoms with van der Waals surface area (Å²) in [5.74, 6) is -1.41. The Hall–Kier alpha value is -0.980. The minimum absolute atomic E-state index is 0.108. The normalized spacial score (nSPS) is 27.6. The van der Waals surface area contributed by atoms with Crippen molar-refractivity contribution in [3.05, 3.63) is 0 Å². The molecule has 1 unspecified atom stereocenters. The number of hydroxylamine groups is 1. The molecule has 0 aromatic rings. The van der Waals surface area contributed by atoms with Crippen LogP contribution >= 0.6 is 0 Å². The van der Waals surface area contributed by atoms with E-state index >= 15 is 0 Å². The van der Waals surface area contributed by atoms with Crippen LogP contribution in [0.5, 0.6) is 0 Å². The zero-order valence-corrected chi connectivity index (χ0v) is 12.4. The molecule has 116 valence electrons. The second-order valence-corrected chi connectivity index (χ2v) is 5.34. The Bertz CT molecular complexity index is 336. The lowest BCUT2D eigenvalue weighted by Gasteiger charge is -2.37. The van der Waals surface area contributed by atoms with Crippen molar-refractivity contribution < 1.29 is 24.3 Å². The molecule has 0 amide bonds. The van der Waals surface area contributed by atoms with E-state index in [1.54, 1.807) is 6.92 Å². The molecule has 1 aliphatic heterocycles. The molecule has 1 aliphatic rings. The van der Waals surface area contributed by atoms with Crippen LogP contribution in [0.4, 0.5) is 0 Å². The number of hydrogen-bond acceptors (Lipinski definition) is 5. The van der Waals surface area contributed by atoms with Crippen molar-refractivity contribution in [1.29, 1.82) is 0 Å². The van der Waals surface area contributed by atoms with E-state index in [1.807, 2.05) is 13.8 Å². The molecule has 6 nitrogen and oxygen atoms in total. The molecular weight excluding hydrogens is 262 g/mol. The standard InChI is InChI=1S/C14H25NO5/c1-4-10(3)14(5-2,13(17)18)15-20-12-11(9-16)7-6-8-19-12/h9-12,15H,4-8H2,1-3H3,(H,17,18)/t10-,11+,12?,14-/m1/s1. The predicted molar refractivity (Wildman–Crippen MR) is 72.9 cm³/mol. The van der Waals surface area contributed by atoms with Crippen LogP contribution in [-0.2, 0) is 19.2 Å². The number of hydrogen-bond donors (Lipinski definition) is 2. The van der Waals surface area contributed by atoms with Crippen molar-refractivity contribution in [3.8, 4) is 0 Å². The number of aliphatic carboxylic acids is 1. The third-order valence-corrected chi connectivity index (χ3v) is 4.24. The highest BCUT2D eigenvalue weighted by atomic mass is 16.8. The molecule has 0 radical (unpaired) electrons. The molecule has 4 atom stereocenters. The summed E-state index contributed by atoms with van der Waals surface area (Å²) in [6, 6.07) is 0. The van der Waals surface area contributed by atoms with Gasteiger partial charge in [-0.05, 0) is 25.2 Å². The molecule has 0 aromatic carbocycles. The molecule has 1 rings (SSSR count). The van der Waals surface area contributed by atoms with Gasteiger partial charge in [0.05, 0.1) is 5.92 Å². The maximum absolute atomic E-state index is 11.6. The molecule has 0 aromatic heterocycles. The molecule has 0 aliphatic carbocycles. The fourth-order valence-corrected chi connectivity index (χ4v) is 2.47. The molecule has 6 heteroatoms. The summed E-state index contributed by atoms with van der Waals surface area (Å²) in [7, 11) is 0. The van der Waals surface area contributed by atoms with Gasteiger partial charge in [-0.1, -0.05) is 27.2 Å². The zero-order chi connectivity index (χ0) is 15.2. The van der Waals surface area contributed by atoms with Crippen molar-refractivity contribution in [2.75, 3.05) is 6.61 Å². The lowest BCUT2D eigenvalue weighted by molar-refractivity contribution is -0.238. The van der Waals surface area contributed by atoms with Gasteiger partial charge >= 0.3 is 5.97 Å². The van der Waals surface area contributed by atoms with Crippen LogP contribution in [0.2, 0.25) is 0 Å². The van der Waals surface area contributed by atoms with Crippen LogP contribution in [0.1, 0.15) is 46.5 Å². The number of carbonyl (C=O) groups is 2. The quantitative estimate of drug-likeness (QED) is 0.522. The minimum Gasteiger partial charge on any atom is -0.480 e. The highest BCUT2D eigenvalue weighted by Gasteiger charge is 2.43. The first kappa shape index (κ1) is 17.1. The Morgan fingerprint density at radius 3 is 2.80 bits per heavy atom. The van der Waals surface area contributed by atoms with E-state index in [2.05, 4.69) is 5.48 Å². The van der Waals surface area contributed by atoms with E-state index in [1.165, 1.54) is 0 Å². The van der Waals surface area contributed by atoms with Crippen molar-refractivity contribution >= 4 is 12.3 Å². The van der Waals surface area contributed by atoms with Gasteiger partial charge in [0.2, 0.25) is 0 Å². The second kappa shape index (κ2) is 7.71. The van der Waals surface area contributed by atoms with E-state index in [0.717, 1.165) is 12.7 Å². The molecule has 2 N–H and O–H groups in total. The van der Waals surface area contributed by atoms with Gasteiger partial charge in [-0.2, -0.15) is 5.48 Å². The smallest absolute Gasteiger partial charge is 0.326 e. The van der Waals surface area contributed by atoms with E-state index < -0.39 is 17.8 Å². The van der Waals surface area contributed by atoms with Crippen molar-refractivity contribution in [3.63, 3.8) is 0 Å². The van der Waals surface area contributed by atoms with Crippen LogP contribution < -0.4 is 5.48 Å². The van der Waals surface area contributed by atoms with Gasteiger partial charge in [0.1, 0.15) is 11.8 Å². The summed E-state index contributed by atoms with van der Waals surface area (Å²) in [4.78, 5) is 28.1. The number of carboxylic acids is 1. The largest absolute Gasteiger partial charge is 0.480 e. The summed E-state index contributed by atoms with van der Waals surface area (Å²) in [6.07, 6.45) is 2.70. The summed E-state index contributed by atoms with van der Waals surface area (Å²) in [5.41, 5.74) is 1.52. The van der Waals surface area contributed by atoms with Gasteiger partial charge in [0.25, 0.3) is 0 Å². The lowest BCUT2D eigenvalue weighted by Crippen LogP contribution is -2.58. The maximum Gasteiger partial charge on any atom is 0.326 e. The van der Waals surface area contributed by atoms with Gasteiger partial charge in [-0.25, -0.2) is 0 Å². The predicted octanol–water partition coefficient (Wildman–Crippen LogP) is 1.74. The molecule has 1 heterocycles.